The van der Waals surface area contributed by atoms with Crippen molar-refractivity contribution in [1.29, 1.82) is 0 Å². The number of hydrogen-bond donors (Lipinski definition) is 2. The number of aromatic nitrogens is 1. The maximum atomic E-state index is 11.7. The van der Waals surface area contributed by atoms with Gasteiger partial charge in [-0.2, -0.15) is 0 Å². The molecule has 5 nitrogen and oxygen atoms in total. The fourth-order valence-corrected chi connectivity index (χ4v) is 1.59. The Morgan fingerprint density at radius 1 is 1.40 bits per heavy atom. The molecule has 1 aliphatic rings. The summed E-state index contributed by atoms with van der Waals surface area (Å²) in [6.07, 6.45) is 1.75. The second-order valence-electron chi connectivity index (χ2n) is 3.82. The summed E-state index contributed by atoms with van der Waals surface area (Å²) in [4.78, 5) is 16.8. The van der Waals surface area contributed by atoms with E-state index in [-0.39, 0.29) is 5.91 Å². The number of piperazine rings is 1. The number of rotatable bonds is 2. The van der Waals surface area contributed by atoms with Crippen molar-refractivity contribution in [3.8, 4) is 0 Å². The maximum Gasteiger partial charge on any atom is 0.281 e. The monoisotopic (exact) mass is 208 g/mol. The second kappa shape index (κ2) is 4.46. The van der Waals surface area contributed by atoms with Crippen molar-refractivity contribution >= 4 is 5.91 Å². The van der Waals surface area contributed by atoms with Crippen LogP contribution >= 0.6 is 0 Å². The molecule has 0 saturated carbocycles. The Bertz CT molecular complexity index is 314. The van der Waals surface area contributed by atoms with E-state index in [9.17, 15) is 4.79 Å². The largest absolute Gasteiger partial charge is 0.357 e. The Labute approximate surface area is 89.0 Å². The van der Waals surface area contributed by atoms with E-state index in [1.54, 1.807) is 12.3 Å². The van der Waals surface area contributed by atoms with Crippen LogP contribution in [0.1, 0.15) is 10.5 Å². The van der Waals surface area contributed by atoms with Crippen molar-refractivity contribution in [3.63, 3.8) is 0 Å². The number of aromatic amines is 1. The lowest BCUT2D eigenvalue weighted by molar-refractivity contribution is 0.0658. The Morgan fingerprint density at radius 2 is 2.13 bits per heavy atom. The SMILES string of the molecule is CN1CCN(NC(=O)c2ccc[nH]2)CC1. The van der Waals surface area contributed by atoms with Crippen LogP contribution in [0.25, 0.3) is 0 Å². The first-order valence-electron chi connectivity index (χ1n) is 5.13. The molecule has 5 heteroatoms. The molecule has 82 valence electrons. The van der Waals surface area contributed by atoms with Gasteiger partial charge in [0, 0.05) is 32.4 Å². The van der Waals surface area contributed by atoms with Gasteiger partial charge in [-0.1, -0.05) is 0 Å². The first kappa shape index (κ1) is 10.2. The minimum absolute atomic E-state index is 0.0652. The second-order valence-corrected chi connectivity index (χ2v) is 3.82. The average molecular weight is 208 g/mol. The molecule has 1 fully saturated rings. The quantitative estimate of drug-likeness (QED) is 0.714. The van der Waals surface area contributed by atoms with Gasteiger partial charge in [-0.15, -0.1) is 0 Å². The van der Waals surface area contributed by atoms with Gasteiger partial charge in [0.05, 0.1) is 0 Å². The van der Waals surface area contributed by atoms with Gasteiger partial charge in [-0.25, -0.2) is 5.01 Å². The highest BCUT2D eigenvalue weighted by Crippen LogP contribution is 1.98. The highest BCUT2D eigenvalue weighted by molar-refractivity contribution is 5.91. The number of H-pyrrole nitrogens is 1. The fraction of sp³-hybridized carbons (Fsp3) is 0.500. The third kappa shape index (κ3) is 2.57. The summed E-state index contributed by atoms with van der Waals surface area (Å²) >= 11 is 0. The topological polar surface area (TPSA) is 51.4 Å². The van der Waals surface area contributed by atoms with Gasteiger partial charge >= 0.3 is 0 Å². The summed E-state index contributed by atoms with van der Waals surface area (Å²) < 4.78 is 0. The molecular formula is C10H16N4O. The van der Waals surface area contributed by atoms with Crippen LogP contribution in [0.15, 0.2) is 18.3 Å². The van der Waals surface area contributed by atoms with Crippen LogP contribution in [0.5, 0.6) is 0 Å². The molecule has 1 saturated heterocycles. The molecule has 1 aliphatic heterocycles. The number of carbonyl (C=O) groups excluding carboxylic acids is 1. The molecule has 1 amide bonds. The summed E-state index contributed by atoms with van der Waals surface area (Å²) in [5, 5.41) is 1.96. The summed E-state index contributed by atoms with van der Waals surface area (Å²) in [5.74, 6) is -0.0652. The van der Waals surface area contributed by atoms with Crippen LogP contribution in [0.2, 0.25) is 0 Å². The third-order valence-electron chi connectivity index (χ3n) is 2.61. The summed E-state index contributed by atoms with van der Waals surface area (Å²) in [7, 11) is 2.09. The summed E-state index contributed by atoms with van der Waals surface area (Å²) in [6, 6.07) is 3.59. The smallest absolute Gasteiger partial charge is 0.281 e. The van der Waals surface area contributed by atoms with Crippen LogP contribution in [0.3, 0.4) is 0 Å². The van der Waals surface area contributed by atoms with E-state index in [0.29, 0.717) is 5.69 Å². The molecule has 2 heterocycles. The van der Waals surface area contributed by atoms with E-state index < -0.39 is 0 Å². The van der Waals surface area contributed by atoms with Crippen molar-refractivity contribution < 1.29 is 4.79 Å². The molecule has 0 aromatic carbocycles. The first-order chi connectivity index (χ1) is 7.25. The van der Waals surface area contributed by atoms with Crippen LogP contribution in [-0.2, 0) is 0 Å². The van der Waals surface area contributed by atoms with E-state index in [1.165, 1.54) is 0 Å². The zero-order valence-electron chi connectivity index (χ0n) is 8.86. The van der Waals surface area contributed by atoms with E-state index >= 15 is 0 Å². The van der Waals surface area contributed by atoms with Gasteiger partial charge in [0.25, 0.3) is 5.91 Å². The third-order valence-corrected chi connectivity index (χ3v) is 2.61. The number of likely N-dealkylation sites (N-methyl/N-ethyl adjacent to an activating group) is 1. The van der Waals surface area contributed by atoms with Gasteiger partial charge in [0.1, 0.15) is 5.69 Å². The lowest BCUT2D eigenvalue weighted by Gasteiger charge is -2.32. The van der Waals surface area contributed by atoms with Crippen LogP contribution < -0.4 is 5.43 Å². The highest BCUT2D eigenvalue weighted by Gasteiger charge is 2.16. The van der Waals surface area contributed by atoms with Crippen LogP contribution in [-0.4, -0.2) is 54.0 Å². The number of nitrogens with one attached hydrogen (secondary N) is 2. The van der Waals surface area contributed by atoms with E-state index in [0.717, 1.165) is 26.2 Å². The summed E-state index contributed by atoms with van der Waals surface area (Å²) in [5.41, 5.74) is 3.48. The number of carbonyl (C=O) groups is 1. The predicted octanol–water partition coefficient (Wildman–Crippen LogP) is -0.0931. The lowest BCUT2D eigenvalue weighted by Crippen LogP contribution is -2.52. The van der Waals surface area contributed by atoms with Crippen molar-refractivity contribution in [2.24, 2.45) is 0 Å². The van der Waals surface area contributed by atoms with Crippen molar-refractivity contribution in [2.45, 2.75) is 0 Å². The van der Waals surface area contributed by atoms with Gasteiger partial charge in [-0.05, 0) is 19.2 Å². The molecule has 0 unspecified atom stereocenters. The molecule has 2 N–H and O–H groups in total. The molecule has 0 aliphatic carbocycles. The molecule has 0 atom stereocenters. The number of hydrazine groups is 1. The van der Waals surface area contributed by atoms with Gasteiger partial charge < -0.3 is 9.88 Å². The molecule has 1 aromatic heterocycles. The summed E-state index contributed by atoms with van der Waals surface area (Å²) in [6.45, 7) is 3.74. The zero-order chi connectivity index (χ0) is 10.7. The first-order valence-corrected chi connectivity index (χ1v) is 5.13. The Morgan fingerprint density at radius 3 is 2.73 bits per heavy atom. The maximum absolute atomic E-state index is 11.7. The molecule has 0 bridgehead atoms. The van der Waals surface area contributed by atoms with Crippen LogP contribution in [0.4, 0.5) is 0 Å². The lowest BCUT2D eigenvalue weighted by atomic mass is 10.4. The normalized spacial score (nSPS) is 19.0. The number of nitrogens with zero attached hydrogens (tertiary/aromatic N) is 2. The Kier molecular flexibility index (Phi) is 3.03. The minimum atomic E-state index is -0.0652. The standard InChI is InChI=1S/C10H16N4O/c1-13-5-7-14(8-6-13)12-10(15)9-3-2-4-11-9/h2-4,11H,5-8H2,1H3,(H,12,15). The van der Waals surface area contributed by atoms with E-state index in [4.69, 9.17) is 0 Å². The molecular weight excluding hydrogens is 192 g/mol. The van der Waals surface area contributed by atoms with Crippen molar-refractivity contribution in [1.82, 2.24) is 20.3 Å². The van der Waals surface area contributed by atoms with Gasteiger partial charge in [-0.3, -0.25) is 10.2 Å². The Hall–Kier alpha value is -1.33. The van der Waals surface area contributed by atoms with Gasteiger partial charge in [0.15, 0.2) is 0 Å². The van der Waals surface area contributed by atoms with Crippen molar-refractivity contribution in [3.05, 3.63) is 24.0 Å². The minimum Gasteiger partial charge on any atom is -0.357 e. The van der Waals surface area contributed by atoms with E-state index in [2.05, 4.69) is 22.4 Å². The molecule has 15 heavy (non-hydrogen) atoms. The average Bonchev–Trinajstić information content (AvgIpc) is 2.74. The van der Waals surface area contributed by atoms with Crippen LogP contribution in [0, 0.1) is 0 Å². The number of hydrogen-bond acceptors (Lipinski definition) is 3. The predicted molar refractivity (Wildman–Crippen MR) is 57.3 cm³/mol. The molecule has 1 aromatic rings. The molecule has 2 rings (SSSR count). The highest BCUT2D eigenvalue weighted by atomic mass is 16.2. The zero-order valence-corrected chi connectivity index (χ0v) is 8.86. The van der Waals surface area contributed by atoms with E-state index in [1.807, 2.05) is 11.1 Å². The number of amides is 1. The molecule has 0 radical (unpaired) electrons. The fourth-order valence-electron chi connectivity index (χ4n) is 1.59. The molecule has 0 spiro atoms. The van der Waals surface area contributed by atoms with Crippen molar-refractivity contribution in [2.75, 3.05) is 33.2 Å². The Balaban J connectivity index is 1.85. The van der Waals surface area contributed by atoms with Gasteiger partial charge in [0.2, 0.25) is 0 Å².